The van der Waals surface area contributed by atoms with E-state index in [1.807, 2.05) is 19.9 Å². The minimum Gasteiger partial charge on any atom is -0.278 e. The number of nitriles is 1. The molecule has 0 aliphatic carbocycles. The maximum Gasteiger partial charge on any atom is 0.263 e. The first kappa shape index (κ1) is 21.5. The summed E-state index contributed by atoms with van der Waals surface area (Å²) < 4.78 is 28.3. The fraction of sp³-hybridized carbons (Fsp3) is 0.100. The molecule has 1 aromatic heterocycles. The average molecular weight is 464 g/mol. The number of aryl methyl sites for hydroxylation is 2. The zero-order valence-electron chi connectivity index (χ0n) is 15.4. The second kappa shape index (κ2) is 8.64. The van der Waals surface area contributed by atoms with Gasteiger partial charge in [-0.05, 0) is 55.8 Å². The molecule has 2 aromatic carbocycles. The van der Waals surface area contributed by atoms with Crippen LogP contribution >= 0.6 is 35.0 Å². The number of hydrogen-bond donors (Lipinski definition) is 1. The molecule has 148 valence electrons. The first-order valence-electron chi connectivity index (χ1n) is 8.34. The molecule has 0 saturated carbocycles. The number of hydrogen-bond acceptors (Lipinski definition) is 5. The van der Waals surface area contributed by atoms with Crippen molar-refractivity contribution in [2.24, 2.45) is 0 Å². The molecule has 0 radical (unpaired) electrons. The molecule has 0 aliphatic rings. The summed E-state index contributed by atoms with van der Waals surface area (Å²) in [6.45, 7) is 3.68. The molecule has 9 heteroatoms. The van der Waals surface area contributed by atoms with Gasteiger partial charge >= 0.3 is 0 Å². The van der Waals surface area contributed by atoms with Gasteiger partial charge in [-0.25, -0.2) is 13.4 Å². The van der Waals surface area contributed by atoms with Crippen LogP contribution in [0.3, 0.4) is 0 Å². The molecule has 29 heavy (non-hydrogen) atoms. The van der Waals surface area contributed by atoms with Crippen molar-refractivity contribution in [1.29, 1.82) is 5.26 Å². The van der Waals surface area contributed by atoms with Crippen LogP contribution < -0.4 is 4.72 Å². The fourth-order valence-electron chi connectivity index (χ4n) is 2.64. The first-order valence-corrected chi connectivity index (χ1v) is 11.4. The van der Waals surface area contributed by atoms with Crippen molar-refractivity contribution in [1.82, 2.24) is 4.98 Å². The minimum atomic E-state index is -3.98. The molecular weight excluding hydrogens is 449 g/mol. The molecule has 0 atom stereocenters. The summed E-state index contributed by atoms with van der Waals surface area (Å²) >= 11 is 13.2. The predicted octanol–water partition coefficient (Wildman–Crippen LogP) is 5.83. The molecule has 0 aliphatic heterocycles. The maximum absolute atomic E-state index is 12.9. The largest absolute Gasteiger partial charge is 0.278 e. The molecule has 1 heterocycles. The fourth-order valence-corrected chi connectivity index (χ4v) is 5.63. The normalized spacial score (nSPS) is 11.1. The van der Waals surface area contributed by atoms with E-state index >= 15 is 0 Å². The smallest absolute Gasteiger partial charge is 0.263 e. The van der Waals surface area contributed by atoms with Crippen LogP contribution in [-0.4, -0.2) is 13.4 Å². The number of benzene rings is 2. The Morgan fingerprint density at radius 2 is 1.83 bits per heavy atom. The molecule has 3 aromatic rings. The third-order valence-corrected chi connectivity index (χ3v) is 7.09. The van der Waals surface area contributed by atoms with Gasteiger partial charge in [0.25, 0.3) is 10.0 Å². The molecular formula is C20H15Cl2N3O2S2. The summed E-state index contributed by atoms with van der Waals surface area (Å²) in [5.74, 6) is 0. The van der Waals surface area contributed by atoms with Gasteiger partial charge in [0.1, 0.15) is 16.0 Å². The lowest BCUT2D eigenvalue weighted by atomic mass is 10.1. The van der Waals surface area contributed by atoms with Crippen LogP contribution in [0.1, 0.15) is 16.8 Å². The summed E-state index contributed by atoms with van der Waals surface area (Å²) in [6.07, 6.45) is 0. The van der Waals surface area contributed by atoms with Crippen LogP contribution in [0.4, 0.5) is 5.69 Å². The molecule has 5 nitrogen and oxygen atoms in total. The number of sulfonamides is 1. The van der Waals surface area contributed by atoms with Crippen molar-refractivity contribution >= 4 is 50.7 Å². The Kier molecular flexibility index (Phi) is 6.39. The Labute approximate surface area is 183 Å². The minimum absolute atomic E-state index is 0.0646. The van der Waals surface area contributed by atoms with E-state index in [2.05, 4.69) is 15.8 Å². The Morgan fingerprint density at radius 1 is 1.10 bits per heavy atom. The predicted molar refractivity (Wildman–Crippen MR) is 116 cm³/mol. The van der Waals surface area contributed by atoms with Crippen LogP contribution in [0, 0.1) is 25.2 Å². The average Bonchev–Trinajstić information content (AvgIpc) is 2.65. The second-order valence-corrected chi connectivity index (χ2v) is 9.68. The van der Waals surface area contributed by atoms with E-state index in [4.69, 9.17) is 23.2 Å². The zero-order valence-corrected chi connectivity index (χ0v) is 18.5. The number of pyridine rings is 1. The zero-order chi connectivity index (χ0) is 21.2. The molecule has 0 bridgehead atoms. The van der Waals surface area contributed by atoms with Crippen molar-refractivity contribution in [2.45, 2.75) is 28.7 Å². The van der Waals surface area contributed by atoms with E-state index in [0.717, 1.165) is 11.3 Å². The van der Waals surface area contributed by atoms with Crippen LogP contribution in [0.25, 0.3) is 0 Å². The number of aromatic nitrogens is 1. The van der Waals surface area contributed by atoms with Crippen molar-refractivity contribution in [3.8, 4) is 6.07 Å². The van der Waals surface area contributed by atoms with Crippen LogP contribution in [0.15, 0.2) is 63.3 Å². The summed E-state index contributed by atoms with van der Waals surface area (Å²) in [5.41, 5.74) is 2.38. The Balaban J connectivity index is 2.01. The van der Waals surface area contributed by atoms with Gasteiger partial charge in [0.2, 0.25) is 0 Å². The van der Waals surface area contributed by atoms with E-state index in [-0.39, 0.29) is 14.9 Å². The molecule has 1 N–H and O–H groups in total. The van der Waals surface area contributed by atoms with Gasteiger partial charge in [-0.3, -0.25) is 4.72 Å². The van der Waals surface area contributed by atoms with Gasteiger partial charge in [0.15, 0.2) is 0 Å². The van der Waals surface area contributed by atoms with Crippen molar-refractivity contribution in [3.05, 3.63) is 75.4 Å². The highest BCUT2D eigenvalue weighted by molar-refractivity contribution is 7.99. The molecule has 0 unspecified atom stereocenters. The number of anilines is 1. The van der Waals surface area contributed by atoms with Crippen LogP contribution in [-0.2, 0) is 10.0 Å². The third kappa shape index (κ3) is 4.85. The lowest BCUT2D eigenvalue weighted by Gasteiger charge is -2.14. The standard InChI is InChI=1S/C20H15Cl2N3O2S2/c1-12-9-13(2)24-20(15(12)11-23)28-18-6-4-3-5-17(18)25-29(26,27)19-10-14(21)7-8-16(19)22/h3-10,25H,1-2H3. The summed E-state index contributed by atoms with van der Waals surface area (Å²) in [5, 5.41) is 10.3. The quantitative estimate of drug-likeness (QED) is 0.514. The molecule has 3 rings (SSSR count). The Morgan fingerprint density at radius 3 is 2.55 bits per heavy atom. The number of nitrogens with one attached hydrogen (secondary N) is 1. The number of halogens is 2. The highest BCUT2D eigenvalue weighted by Gasteiger charge is 2.21. The van der Waals surface area contributed by atoms with Gasteiger partial charge < -0.3 is 0 Å². The van der Waals surface area contributed by atoms with Gasteiger partial charge in [0, 0.05) is 15.6 Å². The van der Waals surface area contributed by atoms with Gasteiger partial charge in [0.05, 0.1) is 16.3 Å². The maximum atomic E-state index is 12.9. The van der Waals surface area contributed by atoms with E-state index in [0.29, 0.717) is 21.2 Å². The van der Waals surface area contributed by atoms with Gasteiger partial charge in [-0.15, -0.1) is 0 Å². The number of nitrogens with zero attached hydrogens (tertiary/aromatic N) is 2. The monoisotopic (exact) mass is 463 g/mol. The first-order chi connectivity index (χ1) is 13.7. The summed E-state index contributed by atoms with van der Waals surface area (Å²) in [7, 11) is -3.98. The van der Waals surface area contributed by atoms with E-state index in [1.54, 1.807) is 24.3 Å². The Hall–Kier alpha value is -2.24. The summed E-state index contributed by atoms with van der Waals surface area (Å²) in [6, 6.07) is 15.1. The Bertz CT molecular complexity index is 1240. The van der Waals surface area contributed by atoms with E-state index < -0.39 is 10.0 Å². The molecule has 0 fully saturated rings. The van der Waals surface area contributed by atoms with Crippen molar-refractivity contribution < 1.29 is 8.42 Å². The third-order valence-electron chi connectivity index (χ3n) is 3.94. The lowest BCUT2D eigenvalue weighted by molar-refractivity contribution is 0.601. The van der Waals surface area contributed by atoms with Gasteiger partial charge in [-0.1, -0.05) is 47.1 Å². The molecule has 0 amide bonds. The summed E-state index contributed by atoms with van der Waals surface area (Å²) in [4.78, 5) is 4.93. The van der Waals surface area contributed by atoms with Gasteiger partial charge in [-0.2, -0.15) is 5.26 Å². The van der Waals surface area contributed by atoms with Crippen LogP contribution in [0.5, 0.6) is 0 Å². The molecule has 0 spiro atoms. The highest BCUT2D eigenvalue weighted by atomic mass is 35.5. The van der Waals surface area contributed by atoms with Crippen molar-refractivity contribution in [2.75, 3.05) is 4.72 Å². The van der Waals surface area contributed by atoms with Crippen molar-refractivity contribution in [3.63, 3.8) is 0 Å². The lowest BCUT2D eigenvalue weighted by Crippen LogP contribution is -2.14. The van der Waals surface area contributed by atoms with Crippen LogP contribution in [0.2, 0.25) is 10.0 Å². The van der Waals surface area contributed by atoms with E-state index in [9.17, 15) is 13.7 Å². The number of rotatable bonds is 5. The topological polar surface area (TPSA) is 82.9 Å². The number of para-hydroxylation sites is 1. The molecule has 0 saturated heterocycles. The second-order valence-electron chi connectivity index (χ2n) is 6.15. The SMILES string of the molecule is Cc1cc(C)c(C#N)c(Sc2ccccc2NS(=O)(=O)c2cc(Cl)ccc2Cl)n1. The van der Waals surface area contributed by atoms with E-state index in [1.165, 1.54) is 30.0 Å². The highest BCUT2D eigenvalue weighted by Crippen LogP contribution is 2.36.